The van der Waals surface area contributed by atoms with Crippen molar-refractivity contribution in [2.45, 2.75) is 6.42 Å². The number of nitrogens with two attached hydrogens (primary N) is 1. The van der Waals surface area contributed by atoms with E-state index >= 15 is 0 Å². The minimum atomic E-state index is -0.379. The molecule has 0 saturated heterocycles. The molecule has 0 aliphatic heterocycles. The molecular weight excluding hydrogens is 131 g/mol. The number of anilines is 1. The van der Waals surface area contributed by atoms with Gasteiger partial charge < -0.3 is 5.73 Å². The zero-order valence-corrected chi connectivity index (χ0v) is 5.55. The number of alkyl halides is 1. The van der Waals surface area contributed by atoms with E-state index in [2.05, 4.69) is 4.98 Å². The van der Waals surface area contributed by atoms with Crippen molar-refractivity contribution in [1.29, 1.82) is 0 Å². The number of hydrogen-bond donors (Lipinski definition) is 1. The molecule has 2 nitrogen and oxygen atoms in total. The first-order chi connectivity index (χ1) is 4.84. The molecule has 0 spiro atoms. The van der Waals surface area contributed by atoms with Gasteiger partial charge in [-0.25, -0.2) is 0 Å². The van der Waals surface area contributed by atoms with Gasteiger partial charge in [-0.2, -0.15) is 0 Å². The molecule has 0 unspecified atom stereocenters. The molecule has 0 radical (unpaired) electrons. The highest BCUT2D eigenvalue weighted by Crippen LogP contribution is 2.08. The first-order valence-corrected chi connectivity index (χ1v) is 3.09. The van der Waals surface area contributed by atoms with Crippen LogP contribution in [0.5, 0.6) is 0 Å². The average molecular weight is 140 g/mol. The monoisotopic (exact) mass is 140 g/mol. The number of rotatable bonds is 2. The third kappa shape index (κ3) is 1.43. The fourth-order valence-electron chi connectivity index (χ4n) is 0.749. The van der Waals surface area contributed by atoms with Gasteiger partial charge in [-0.05, 0) is 11.6 Å². The van der Waals surface area contributed by atoms with Gasteiger partial charge in [-0.3, -0.25) is 9.37 Å². The first kappa shape index (κ1) is 6.99. The standard InChI is InChI=1S/C7H9FN2/c8-3-1-6-5-10-4-2-7(6)9/h2,4-5H,1,3H2,(H2,9,10). The van der Waals surface area contributed by atoms with Crippen molar-refractivity contribution in [3.05, 3.63) is 24.0 Å². The Balaban J connectivity index is 2.81. The number of hydrogen-bond acceptors (Lipinski definition) is 2. The fourth-order valence-corrected chi connectivity index (χ4v) is 0.749. The maximum atomic E-state index is 11.8. The van der Waals surface area contributed by atoms with Crippen LogP contribution >= 0.6 is 0 Å². The van der Waals surface area contributed by atoms with Crippen LogP contribution < -0.4 is 5.73 Å². The van der Waals surface area contributed by atoms with E-state index in [-0.39, 0.29) is 6.67 Å². The van der Waals surface area contributed by atoms with E-state index in [1.54, 1.807) is 18.5 Å². The molecule has 0 bridgehead atoms. The molecule has 1 heterocycles. The smallest absolute Gasteiger partial charge is 0.0936 e. The Bertz CT molecular complexity index is 213. The Hall–Kier alpha value is -1.12. The Morgan fingerprint density at radius 2 is 2.40 bits per heavy atom. The minimum absolute atomic E-state index is 0.361. The van der Waals surface area contributed by atoms with Gasteiger partial charge in [-0.15, -0.1) is 0 Å². The zero-order valence-electron chi connectivity index (χ0n) is 5.55. The lowest BCUT2D eigenvalue weighted by Crippen LogP contribution is -1.95. The summed E-state index contributed by atoms with van der Waals surface area (Å²) >= 11 is 0. The third-order valence-corrected chi connectivity index (χ3v) is 1.31. The molecule has 10 heavy (non-hydrogen) atoms. The zero-order chi connectivity index (χ0) is 7.40. The molecule has 0 saturated carbocycles. The van der Waals surface area contributed by atoms with Crippen molar-refractivity contribution >= 4 is 5.69 Å². The van der Waals surface area contributed by atoms with Crippen LogP contribution in [-0.2, 0) is 6.42 Å². The number of aryl methyl sites for hydroxylation is 1. The van der Waals surface area contributed by atoms with Crippen LogP contribution in [0.4, 0.5) is 10.1 Å². The van der Waals surface area contributed by atoms with Crippen LogP contribution in [0.25, 0.3) is 0 Å². The molecule has 0 aliphatic rings. The number of nitrogen functional groups attached to an aromatic ring is 1. The summed E-state index contributed by atoms with van der Waals surface area (Å²) < 4.78 is 11.8. The van der Waals surface area contributed by atoms with Crippen molar-refractivity contribution in [2.75, 3.05) is 12.4 Å². The highest BCUT2D eigenvalue weighted by molar-refractivity contribution is 5.44. The van der Waals surface area contributed by atoms with Crippen molar-refractivity contribution in [3.63, 3.8) is 0 Å². The molecule has 2 N–H and O–H groups in total. The normalized spacial score (nSPS) is 9.70. The topological polar surface area (TPSA) is 38.9 Å². The molecule has 1 aromatic rings. The molecule has 0 fully saturated rings. The largest absolute Gasteiger partial charge is 0.398 e. The molecule has 54 valence electrons. The van der Waals surface area contributed by atoms with E-state index in [9.17, 15) is 4.39 Å². The van der Waals surface area contributed by atoms with Gasteiger partial charge in [-0.1, -0.05) is 0 Å². The van der Waals surface area contributed by atoms with Crippen LogP contribution in [0.15, 0.2) is 18.5 Å². The predicted molar refractivity (Wildman–Crippen MR) is 38.3 cm³/mol. The highest BCUT2D eigenvalue weighted by atomic mass is 19.1. The fraction of sp³-hybridized carbons (Fsp3) is 0.286. The summed E-state index contributed by atoms with van der Waals surface area (Å²) in [5.41, 5.74) is 6.90. The Kier molecular flexibility index (Phi) is 2.20. The lowest BCUT2D eigenvalue weighted by Gasteiger charge is -1.99. The summed E-state index contributed by atoms with van der Waals surface area (Å²) in [7, 11) is 0. The molecule has 0 atom stereocenters. The van der Waals surface area contributed by atoms with Crippen molar-refractivity contribution in [1.82, 2.24) is 4.98 Å². The predicted octanol–water partition coefficient (Wildman–Crippen LogP) is 1.18. The van der Waals surface area contributed by atoms with E-state index in [0.29, 0.717) is 12.1 Å². The second kappa shape index (κ2) is 3.15. The van der Waals surface area contributed by atoms with E-state index in [1.807, 2.05) is 0 Å². The van der Waals surface area contributed by atoms with E-state index < -0.39 is 0 Å². The Morgan fingerprint density at radius 3 is 3.00 bits per heavy atom. The van der Waals surface area contributed by atoms with Gasteiger partial charge in [0.05, 0.1) is 6.67 Å². The van der Waals surface area contributed by atoms with E-state index in [0.717, 1.165) is 5.56 Å². The number of aromatic nitrogens is 1. The summed E-state index contributed by atoms with van der Waals surface area (Å²) in [5.74, 6) is 0. The van der Waals surface area contributed by atoms with Crippen LogP contribution in [-0.4, -0.2) is 11.7 Å². The van der Waals surface area contributed by atoms with Crippen LogP contribution in [0.3, 0.4) is 0 Å². The van der Waals surface area contributed by atoms with Crippen molar-refractivity contribution in [2.24, 2.45) is 0 Å². The quantitative estimate of drug-likeness (QED) is 0.669. The van der Waals surface area contributed by atoms with Gasteiger partial charge in [0.2, 0.25) is 0 Å². The van der Waals surface area contributed by atoms with E-state index in [1.165, 1.54) is 0 Å². The van der Waals surface area contributed by atoms with Crippen molar-refractivity contribution in [3.8, 4) is 0 Å². The molecule has 1 aromatic heterocycles. The summed E-state index contributed by atoms with van der Waals surface area (Å²) in [6.45, 7) is -0.379. The molecule has 0 aliphatic carbocycles. The van der Waals surface area contributed by atoms with Crippen LogP contribution in [0.1, 0.15) is 5.56 Å². The Morgan fingerprint density at radius 1 is 1.60 bits per heavy atom. The number of pyridine rings is 1. The third-order valence-electron chi connectivity index (χ3n) is 1.31. The van der Waals surface area contributed by atoms with Gasteiger partial charge in [0.15, 0.2) is 0 Å². The second-order valence-electron chi connectivity index (χ2n) is 2.01. The lowest BCUT2D eigenvalue weighted by molar-refractivity contribution is 0.495. The SMILES string of the molecule is Nc1ccncc1CCF. The highest BCUT2D eigenvalue weighted by Gasteiger charge is 1.95. The summed E-state index contributed by atoms with van der Waals surface area (Å²) in [5, 5.41) is 0. The Labute approximate surface area is 58.9 Å². The van der Waals surface area contributed by atoms with Gasteiger partial charge >= 0.3 is 0 Å². The first-order valence-electron chi connectivity index (χ1n) is 3.09. The maximum Gasteiger partial charge on any atom is 0.0936 e. The molecular formula is C7H9FN2. The summed E-state index contributed by atoms with van der Waals surface area (Å²) in [4.78, 5) is 3.82. The second-order valence-corrected chi connectivity index (χ2v) is 2.01. The van der Waals surface area contributed by atoms with Crippen molar-refractivity contribution < 1.29 is 4.39 Å². The molecule has 0 amide bonds. The minimum Gasteiger partial charge on any atom is -0.398 e. The van der Waals surface area contributed by atoms with Gasteiger partial charge in [0.1, 0.15) is 0 Å². The maximum absolute atomic E-state index is 11.8. The number of halogens is 1. The number of nitrogens with zero attached hydrogens (tertiary/aromatic N) is 1. The average Bonchev–Trinajstić information content (AvgIpc) is 1.94. The van der Waals surface area contributed by atoms with Gasteiger partial charge in [0, 0.05) is 24.5 Å². The van der Waals surface area contributed by atoms with Crippen LogP contribution in [0, 0.1) is 0 Å². The van der Waals surface area contributed by atoms with E-state index in [4.69, 9.17) is 5.73 Å². The summed E-state index contributed by atoms with van der Waals surface area (Å²) in [6, 6.07) is 1.67. The van der Waals surface area contributed by atoms with Crippen LogP contribution in [0.2, 0.25) is 0 Å². The lowest BCUT2D eigenvalue weighted by atomic mass is 10.2. The molecule has 3 heteroatoms. The molecule has 0 aromatic carbocycles. The van der Waals surface area contributed by atoms with Gasteiger partial charge in [0.25, 0.3) is 0 Å². The molecule has 1 rings (SSSR count). The summed E-state index contributed by atoms with van der Waals surface area (Å²) in [6.07, 6.45) is 3.55.